The second-order valence-electron chi connectivity index (χ2n) is 3.94. The molecule has 84 valence electrons. The third-order valence-corrected chi connectivity index (χ3v) is 2.89. The predicted molar refractivity (Wildman–Crippen MR) is 57.5 cm³/mol. The molecular weight excluding hydrogens is 209 g/mol. The number of rotatable bonds is 3. The van der Waals surface area contributed by atoms with Gasteiger partial charge in [-0.2, -0.15) is 4.39 Å². The summed E-state index contributed by atoms with van der Waals surface area (Å²) in [5.41, 5.74) is 1.57. The van der Waals surface area contributed by atoms with Crippen LogP contribution in [0.1, 0.15) is 36.3 Å². The van der Waals surface area contributed by atoms with Gasteiger partial charge in [0.05, 0.1) is 0 Å². The standard InChI is InChI=1S/C12H12FNO2/c13-11-6-10(8-2-1-3-8)9(7-14-11)4-5-12(15)16/h4-8H,1-3H2,(H,15,16)/b5-4+. The van der Waals surface area contributed by atoms with Crippen molar-refractivity contribution in [3.63, 3.8) is 0 Å². The second kappa shape index (κ2) is 4.43. The molecular formula is C12H12FNO2. The number of carbonyl (C=O) groups is 1. The van der Waals surface area contributed by atoms with Crippen LogP contribution in [0.5, 0.6) is 0 Å². The first-order valence-corrected chi connectivity index (χ1v) is 5.23. The SMILES string of the molecule is O=C(O)/C=C/c1cnc(F)cc1C1CCC1. The number of nitrogens with zero attached hydrogens (tertiary/aromatic N) is 1. The van der Waals surface area contributed by atoms with Gasteiger partial charge in [-0.25, -0.2) is 9.78 Å². The molecule has 1 aromatic heterocycles. The van der Waals surface area contributed by atoms with E-state index in [0.29, 0.717) is 11.5 Å². The lowest BCUT2D eigenvalue weighted by atomic mass is 9.78. The van der Waals surface area contributed by atoms with Gasteiger partial charge in [0.15, 0.2) is 0 Å². The van der Waals surface area contributed by atoms with E-state index in [1.165, 1.54) is 18.3 Å². The van der Waals surface area contributed by atoms with Crippen molar-refractivity contribution in [2.75, 3.05) is 0 Å². The summed E-state index contributed by atoms with van der Waals surface area (Å²) in [6.07, 6.45) is 7.15. The number of pyridine rings is 1. The minimum absolute atomic E-state index is 0.353. The van der Waals surface area contributed by atoms with Crippen LogP contribution >= 0.6 is 0 Å². The van der Waals surface area contributed by atoms with Gasteiger partial charge >= 0.3 is 5.97 Å². The third kappa shape index (κ3) is 2.27. The normalized spacial score (nSPS) is 16.3. The summed E-state index contributed by atoms with van der Waals surface area (Å²) in [6, 6.07) is 1.41. The van der Waals surface area contributed by atoms with Crippen LogP contribution in [-0.2, 0) is 4.79 Å². The van der Waals surface area contributed by atoms with Crippen LogP contribution in [0.2, 0.25) is 0 Å². The lowest BCUT2D eigenvalue weighted by Crippen LogP contribution is -2.11. The summed E-state index contributed by atoms with van der Waals surface area (Å²) >= 11 is 0. The van der Waals surface area contributed by atoms with Gasteiger partial charge < -0.3 is 5.11 Å². The highest BCUT2D eigenvalue weighted by Gasteiger charge is 2.22. The van der Waals surface area contributed by atoms with Crippen molar-refractivity contribution in [2.24, 2.45) is 0 Å². The van der Waals surface area contributed by atoms with E-state index in [9.17, 15) is 9.18 Å². The van der Waals surface area contributed by atoms with E-state index in [4.69, 9.17) is 5.11 Å². The Morgan fingerprint density at radius 2 is 2.31 bits per heavy atom. The van der Waals surface area contributed by atoms with Gasteiger partial charge in [0.25, 0.3) is 0 Å². The Kier molecular flexibility index (Phi) is 2.99. The van der Waals surface area contributed by atoms with Gasteiger partial charge in [-0.05, 0) is 42.0 Å². The Balaban J connectivity index is 2.31. The van der Waals surface area contributed by atoms with Crippen LogP contribution in [-0.4, -0.2) is 16.1 Å². The molecule has 1 fully saturated rings. The molecule has 0 aromatic carbocycles. The summed E-state index contributed by atoms with van der Waals surface area (Å²) in [7, 11) is 0. The Labute approximate surface area is 92.6 Å². The van der Waals surface area contributed by atoms with Crippen molar-refractivity contribution in [1.29, 1.82) is 0 Å². The lowest BCUT2D eigenvalue weighted by Gasteiger charge is -2.27. The highest BCUT2D eigenvalue weighted by molar-refractivity contribution is 5.85. The molecule has 2 rings (SSSR count). The molecule has 1 aromatic rings. The van der Waals surface area contributed by atoms with Crippen molar-refractivity contribution in [3.05, 3.63) is 35.4 Å². The molecule has 0 unspecified atom stereocenters. The van der Waals surface area contributed by atoms with Crippen LogP contribution in [0.4, 0.5) is 4.39 Å². The van der Waals surface area contributed by atoms with E-state index in [0.717, 1.165) is 30.9 Å². The van der Waals surface area contributed by atoms with Gasteiger partial charge in [0.2, 0.25) is 5.95 Å². The van der Waals surface area contributed by atoms with Crippen molar-refractivity contribution in [1.82, 2.24) is 4.98 Å². The van der Waals surface area contributed by atoms with Crippen molar-refractivity contribution < 1.29 is 14.3 Å². The summed E-state index contributed by atoms with van der Waals surface area (Å²) in [6.45, 7) is 0. The molecule has 0 bridgehead atoms. The third-order valence-electron chi connectivity index (χ3n) is 2.89. The Hall–Kier alpha value is -1.71. The quantitative estimate of drug-likeness (QED) is 0.630. The number of carboxylic acid groups (broad SMARTS) is 1. The summed E-state index contributed by atoms with van der Waals surface area (Å²) < 4.78 is 13.0. The molecule has 4 heteroatoms. The molecule has 1 N–H and O–H groups in total. The number of halogens is 1. The molecule has 0 amide bonds. The van der Waals surface area contributed by atoms with Crippen LogP contribution in [0, 0.1) is 5.95 Å². The Morgan fingerprint density at radius 1 is 1.56 bits per heavy atom. The van der Waals surface area contributed by atoms with Gasteiger partial charge in [-0.1, -0.05) is 6.42 Å². The summed E-state index contributed by atoms with van der Waals surface area (Å²) in [4.78, 5) is 14.0. The molecule has 0 atom stereocenters. The minimum atomic E-state index is -1.01. The topological polar surface area (TPSA) is 50.2 Å². The number of hydrogen-bond donors (Lipinski definition) is 1. The van der Waals surface area contributed by atoms with Crippen molar-refractivity contribution in [2.45, 2.75) is 25.2 Å². The molecule has 16 heavy (non-hydrogen) atoms. The fourth-order valence-corrected chi connectivity index (χ4v) is 1.83. The number of aromatic nitrogens is 1. The van der Waals surface area contributed by atoms with Crippen LogP contribution in [0.3, 0.4) is 0 Å². The lowest BCUT2D eigenvalue weighted by molar-refractivity contribution is -0.131. The Morgan fingerprint density at radius 3 is 2.88 bits per heavy atom. The first-order chi connectivity index (χ1) is 7.66. The molecule has 1 heterocycles. The highest BCUT2D eigenvalue weighted by atomic mass is 19.1. The second-order valence-corrected chi connectivity index (χ2v) is 3.94. The highest BCUT2D eigenvalue weighted by Crippen LogP contribution is 2.38. The molecule has 0 aliphatic heterocycles. The van der Waals surface area contributed by atoms with Gasteiger partial charge in [-0.15, -0.1) is 0 Å². The zero-order valence-corrected chi connectivity index (χ0v) is 8.69. The van der Waals surface area contributed by atoms with E-state index in [-0.39, 0.29) is 0 Å². The molecule has 1 aliphatic rings. The fraction of sp³-hybridized carbons (Fsp3) is 0.333. The first kappa shape index (κ1) is 10.8. The minimum Gasteiger partial charge on any atom is -0.478 e. The number of carboxylic acids is 1. The summed E-state index contributed by atoms with van der Waals surface area (Å²) in [5, 5.41) is 8.55. The average molecular weight is 221 g/mol. The molecule has 1 saturated carbocycles. The predicted octanol–water partition coefficient (Wildman–Crippen LogP) is 2.59. The van der Waals surface area contributed by atoms with Gasteiger partial charge in [-0.3, -0.25) is 0 Å². The van der Waals surface area contributed by atoms with Gasteiger partial charge in [0.1, 0.15) is 0 Å². The van der Waals surface area contributed by atoms with Crippen molar-refractivity contribution in [3.8, 4) is 0 Å². The van der Waals surface area contributed by atoms with Crippen molar-refractivity contribution >= 4 is 12.0 Å². The molecule has 0 saturated heterocycles. The number of hydrogen-bond acceptors (Lipinski definition) is 2. The van der Waals surface area contributed by atoms with E-state index >= 15 is 0 Å². The van der Waals surface area contributed by atoms with E-state index in [1.807, 2.05) is 0 Å². The number of aliphatic carboxylic acids is 1. The van der Waals surface area contributed by atoms with Gasteiger partial charge in [0, 0.05) is 12.3 Å². The van der Waals surface area contributed by atoms with Crippen LogP contribution < -0.4 is 0 Å². The molecule has 1 aliphatic carbocycles. The average Bonchev–Trinajstić information content (AvgIpc) is 2.13. The maximum atomic E-state index is 13.0. The largest absolute Gasteiger partial charge is 0.478 e. The zero-order valence-electron chi connectivity index (χ0n) is 8.69. The maximum absolute atomic E-state index is 13.0. The van der Waals surface area contributed by atoms with E-state index < -0.39 is 11.9 Å². The van der Waals surface area contributed by atoms with E-state index in [2.05, 4.69) is 4.98 Å². The zero-order chi connectivity index (χ0) is 11.5. The van der Waals surface area contributed by atoms with E-state index in [1.54, 1.807) is 0 Å². The maximum Gasteiger partial charge on any atom is 0.328 e. The molecule has 0 radical (unpaired) electrons. The first-order valence-electron chi connectivity index (χ1n) is 5.23. The summed E-state index contributed by atoms with van der Waals surface area (Å²) in [5.74, 6) is -1.16. The molecule has 3 nitrogen and oxygen atoms in total. The Bertz CT molecular complexity index is 439. The smallest absolute Gasteiger partial charge is 0.328 e. The monoisotopic (exact) mass is 221 g/mol. The van der Waals surface area contributed by atoms with Crippen LogP contribution in [0.15, 0.2) is 18.3 Å². The fourth-order valence-electron chi connectivity index (χ4n) is 1.83. The molecule has 0 spiro atoms. The van der Waals surface area contributed by atoms with Crippen LogP contribution in [0.25, 0.3) is 6.08 Å².